The third-order valence-corrected chi connectivity index (χ3v) is 4.62. The first-order valence-electron chi connectivity index (χ1n) is 6.29. The molecule has 2 rings (SSSR count). The minimum Gasteiger partial charge on any atom is -0.379 e. The van der Waals surface area contributed by atoms with Gasteiger partial charge in [0.05, 0.1) is 13.2 Å². The summed E-state index contributed by atoms with van der Waals surface area (Å²) in [5.74, 6) is 1.10. The van der Waals surface area contributed by atoms with Gasteiger partial charge in [0.15, 0.2) is 0 Å². The van der Waals surface area contributed by atoms with E-state index in [1.807, 2.05) is 11.8 Å². The molecule has 17 heavy (non-hydrogen) atoms. The van der Waals surface area contributed by atoms with Crippen LogP contribution in [-0.4, -0.2) is 78.9 Å². The van der Waals surface area contributed by atoms with Crippen molar-refractivity contribution in [2.24, 2.45) is 0 Å². The average molecular weight is 275 g/mol. The molecule has 0 saturated carbocycles. The molecule has 0 bridgehead atoms. The van der Waals surface area contributed by atoms with Crippen LogP contribution < -0.4 is 5.32 Å². The number of hydrogen-bond acceptors (Lipinski definition) is 5. The van der Waals surface area contributed by atoms with Crippen LogP contribution in [0, 0.1) is 0 Å². The molecule has 2 aliphatic rings. The van der Waals surface area contributed by atoms with Crippen LogP contribution in [0.4, 0.5) is 0 Å². The van der Waals surface area contributed by atoms with E-state index in [1.165, 1.54) is 0 Å². The van der Waals surface area contributed by atoms with E-state index in [4.69, 9.17) is 17.0 Å². The third-order valence-electron chi connectivity index (χ3n) is 3.11. The Morgan fingerprint density at radius 1 is 1.18 bits per heavy atom. The molecule has 6 heteroatoms. The first kappa shape index (κ1) is 13.5. The van der Waals surface area contributed by atoms with Gasteiger partial charge in [-0.15, -0.1) is 0 Å². The van der Waals surface area contributed by atoms with E-state index in [2.05, 4.69) is 15.1 Å². The lowest BCUT2D eigenvalue weighted by atomic mass is 10.4. The maximum absolute atomic E-state index is 5.46. The molecule has 4 nitrogen and oxygen atoms in total. The molecule has 0 unspecified atom stereocenters. The predicted molar refractivity (Wildman–Crippen MR) is 76.8 cm³/mol. The predicted octanol–water partition coefficient (Wildman–Crippen LogP) is 0.242. The van der Waals surface area contributed by atoms with Crippen LogP contribution in [0.25, 0.3) is 0 Å². The Bertz CT molecular complexity index is 241. The van der Waals surface area contributed by atoms with Crippen molar-refractivity contribution < 1.29 is 4.74 Å². The Balaban J connectivity index is 1.58. The van der Waals surface area contributed by atoms with Gasteiger partial charge >= 0.3 is 0 Å². The van der Waals surface area contributed by atoms with Crippen molar-refractivity contribution in [3.8, 4) is 0 Å². The molecule has 2 heterocycles. The number of thiocarbonyl (C=S) groups is 1. The summed E-state index contributed by atoms with van der Waals surface area (Å²) < 4.78 is 6.40. The zero-order valence-corrected chi connectivity index (χ0v) is 11.8. The summed E-state index contributed by atoms with van der Waals surface area (Å²) in [6.07, 6.45) is 0. The topological polar surface area (TPSA) is 27.7 Å². The summed E-state index contributed by atoms with van der Waals surface area (Å²) in [5, 5.41) is 3.34. The fraction of sp³-hybridized carbons (Fsp3) is 0.909. The molecular formula is C11H21N3OS2. The summed E-state index contributed by atoms with van der Waals surface area (Å²) in [4.78, 5) is 4.77. The molecular weight excluding hydrogens is 254 g/mol. The standard InChI is InChI=1S/C11H21N3OS2/c16-11(14-3-1-12-2-4-14)17-10-7-13-5-8-15-9-6-13/h12H,1-10H2. The van der Waals surface area contributed by atoms with Crippen molar-refractivity contribution in [3.63, 3.8) is 0 Å². The number of nitrogens with one attached hydrogen (secondary N) is 1. The molecule has 0 aliphatic carbocycles. The number of hydrogen-bond donors (Lipinski definition) is 1. The van der Waals surface area contributed by atoms with Gasteiger partial charge in [-0.05, 0) is 0 Å². The zero-order valence-electron chi connectivity index (χ0n) is 10.2. The maximum Gasteiger partial charge on any atom is 0.136 e. The molecule has 0 aromatic rings. The van der Waals surface area contributed by atoms with Crippen molar-refractivity contribution in [2.75, 3.05) is 64.8 Å². The minimum atomic E-state index is 0.882. The van der Waals surface area contributed by atoms with Gasteiger partial charge in [-0.1, -0.05) is 24.0 Å². The number of rotatable bonds is 3. The first-order valence-corrected chi connectivity index (χ1v) is 7.68. The van der Waals surface area contributed by atoms with E-state index in [0.717, 1.165) is 69.1 Å². The van der Waals surface area contributed by atoms with Crippen LogP contribution in [0.1, 0.15) is 0 Å². The Kier molecular flexibility index (Phi) is 6.00. The fourth-order valence-corrected chi connectivity index (χ4v) is 3.35. The molecule has 2 saturated heterocycles. The second-order valence-corrected chi connectivity index (χ2v) is 6.03. The van der Waals surface area contributed by atoms with Crippen LogP contribution in [-0.2, 0) is 4.74 Å². The molecule has 0 aromatic heterocycles. The van der Waals surface area contributed by atoms with Crippen molar-refractivity contribution in [2.45, 2.75) is 0 Å². The maximum atomic E-state index is 5.46. The number of piperazine rings is 1. The van der Waals surface area contributed by atoms with Crippen molar-refractivity contribution in [1.29, 1.82) is 0 Å². The van der Waals surface area contributed by atoms with Gasteiger partial charge < -0.3 is 15.0 Å². The molecule has 0 atom stereocenters. The zero-order chi connectivity index (χ0) is 11.9. The quantitative estimate of drug-likeness (QED) is 0.742. The molecule has 98 valence electrons. The second kappa shape index (κ2) is 7.53. The average Bonchev–Trinajstić information content (AvgIpc) is 2.41. The molecule has 2 fully saturated rings. The highest BCUT2D eigenvalue weighted by molar-refractivity contribution is 8.22. The van der Waals surface area contributed by atoms with Crippen LogP contribution in [0.5, 0.6) is 0 Å². The summed E-state index contributed by atoms with van der Waals surface area (Å²) in [5.41, 5.74) is 0. The highest BCUT2D eigenvalue weighted by Gasteiger charge is 2.14. The number of ether oxygens (including phenoxy) is 1. The van der Waals surface area contributed by atoms with E-state index in [1.54, 1.807) is 0 Å². The van der Waals surface area contributed by atoms with E-state index >= 15 is 0 Å². The van der Waals surface area contributed by atoms with Crippen LogP contribution in [0.3, 0.4) is 0 Å². The van der Waals surface area contributed by atoms with E-state index in [0.29, 0.717) is 0 Å². The number of nitrogens with zero attached hydrogens (tertiary/aromatic N) is 2. The lowest BCUT2D eigenvalue weighted by Crippen LogP contribution is -2.45. The summed E-state index contributed by atoms with van der Waals surface area (Å²) in [6, 6.07) is 0. The van der Waals surface area contributed by atoms with Gasteiger partial charge in [0.2, 0.25) is 0 Å². The van der Waals surface area contributed by atoms with Gasteiger partial charge in [-0.3, -0.25) is 4.90 Å². The van der Waals surface area contributed by atoms with Crippen LogP contribution in [0.15, 0.2) is 0 Å². The normalized spacial score (nSPS) is 22.7. The van der Waals surface area contributed by atoms with E-state index < -0.39 is 0 Å². The van der Waals surface area contributed by atoms with E-state index in [9.17, 15) is 0 Å². The number of thioether (sulfide) groups is 1. The van der Waals surface area contributed by atoms with Crippen LogP contribution >= 0.6 is 24.0 Å². The van der Waals surface area contributed by atoms with Gasteiger partial charge in [-0.25, -0.2) is 0 Å². The van der Waals surface area contributed by atoms with Gasteiger partial charge in [0, 0.05) is 51.6 Å². The van der Waals surface area contributed by atoms with Gasteiger partial charge in [-0.2, -0.15) is 0 Å². The molecule has 1 N–H and O–H groups in total. The van der Waals surface area contributed by atoms with Gasteiger partial charge in [0.25, 0.3) is 0 Å². The monoisotopic (exact) mass is 275 g/mol. The Morgan fingerprint density at radius 3 is 2.59 bits per heavy atom. The Hall–Kier alpha value is 0.120. The fourth-order valence-electron chi connectivity index (χ4n) is 2.03. The lowest BCUT2D eigenvalue weighted by Gasteiger charge is -2.30. The summed E-state index contributed by atoms with van der Waals surface area (Å²) in [6.45, 7) is 9.27. The molecule has 2 aliphatic heterocycles. The highest BCUT2D eigenvalue weighted by atomic mass is 32.2. The second-order valence-electron chi connectivity index (χ2n) is 4.31. The SMILES string of the molecule is S=C(SCCN1CCOCC1)N1CCNCC1. The molecule has 0 aromatic carbocycles. The summed E-state index contributed by atoms with van der Waals surface area (Å²) >= 11 is 7.28. The van der Waals surface area contributed by atoms with Gasteiger partial charge in [0.1, 0.15) is 4.32 Å². The van der Waals surface area contributed by atoms with E-state index in [-0.39, 0.29) is 0 Å². The molecule has 0 amide bonds. The highest BCUT2D eigenvalue weighted by Crippen LogP contribution is 2.11. The Morgan fingerprint density at radius 2 is 1.88 bits per heavy atom. The number of morpholine rings is 1. The minimum absolute atomic E-state index is 0.882. The van der Waals surface area contributed by atoms with Crippen molar-refractivity contribution in [3.05, 3.63) is 0 Å². The first-order chi connectivity index (χ1) is 8.36. The molecule has 0 spiro atoms. The smallest absolute Gasteiger partial charge is 0.136 e. The third kappa shape index (κ3) is 4.71. The van der Waals surface area contributed by atoms with Crippen LogP contribution in [0.2, 0.25) is 0 Å². The lowest BCUT2D eigenvalue weighted by molar-refractivity contribution is 0.0410. The van der Waals surface area contributed by atoms with Crippen molar-refractivity contribution >= 4 is 28.3 Å². The Labute approximate surface area is 113 Å². The van der Waals surface area contributed by atoms with Crippen molar-refractivity contribution in [1.82, 2.24) is 15.1 Å². The largest absolute Gasteiger partial charge is 0.379 e. The summed E-state index contributed by atoms with van der Waals surface area (Å²) in [7, 11) is 0. The molecule has 0 radical (unpaired) electrons.